The number of nitriles is 1. The second kappa shape index (κ2) is 10.7. The van der Waals surface area contributed by atoms with Crippen LogP contribution in [0.1, 0.15) is 75.7 Å². The molecule has 1 aromatic carbocycles. The van der Waals surface area contributed by atoms with Crippen LogP contribution in [0.5, 0.6) is 0 Å². The first kappa shape index (κ1) is 22.4. The van der Waals surface area contributed by atoms with Crippen molar-refractivity contribution in [1.82, 2.24) is 0 Å². The first-order chi connectivity index (χ1) is 14.5. The maximum absolute atomic E-state index is 13.5. The lowest BCUT2D eigenvalue weighted by molar-refractivity contribution is -0.157. The van der Waals surface area contributed by atoms with Crippen LogP contribution in [-0.4, -0.2) is 12.1 Å². The highest BCUT2D eigenvalue weighted by Crippen LogP contribution is 2.36. The van der Waals surface area contributed by atoms with E-state index in [1.807, 2.05) is 0 Å². The zero-order valence-electron chi connectivity index (χ0n) is 17.1. The topological polar surface area (TPSA) is 50.1 Å². The number of carbonyl (C=O) groups is 1. The van der Waals surface area contributed by atoms with Crippen LogP contribution >= 0.6 is 0 Å². The van der Waals surface area contributed by atoms with E-state index in [0.717, 1.165) is 63.4 Å². The van der Waals surface area contributed by atoms with Crippen LogP contribution in [0.4, 0.5) is 13.2 Å². The van der Waals surface area contributed by atoms with Gasteiger partial charge in [-0.1, -0.05) is 6.07 Å². The molecule has 0 aromatic heterocycles. The molecular weight excluding hydrogens is 391 g/mol. The molecule has 6 heteroatoms. The Balaban J connectivity index is 1.38. The lowest BCUT2D eigenvalue weighted by atomic mass is 9.79. The Morgan fingerprint density at radius 1 is 1.07 bits per heavy atom. The fourth-order valence-electron chi connectivity index (χ4n) is 4.72. The van der Waals surface area contributed by atoms with Gasteiger partial charge in [0, 0.05) is 0 Å². The van der Waals surface area contributed by atoms with Crippen LogP contribution < -0.4 is 0 Å². The fourth-order valence-corrected chi connectivity index (χ4v) is 4.72. The minimum absolute atomic E-state index is 0.0726. The van der Waals surface area contributed by atoms with Crippen molar-refractivity contribution in [3.8, 4) is 6.07 Å². The monoisotopic (exact) mass is 419 g/mol. The van der Waals surface area contributed by atoms with Gasteiger partial charge in [0.2, 0.25) is 0 Å². The summed E-state index contributed by atoms with van der Waals surface area (Å²) >= 11 is 0. The van der Waals surface area contributed by atoms with Gasteiger partial charge in [-0.2, -0.15) is 9.65 Å². The first-order valence-electron chi connectivity index (χ1n) is 10.9. The van der Waals surface area contributed by atoms with E-state index < -0.39 is 17.5 Å². The highest BCUT2D eigenvalue weighted by molar-refractivity contribution is 5.72. The molecule has 3 nitrogen and oxygen atoms in total. The van der Waals surface area contributed by atoms with E-state index in [9.17, 15) is 18.0 Å². The molecule has 0 radical (unpaired) electrons. The molecule has 0 unspecified atom stereocenters. The predicted molar refractivity (Wildman–Crippen MR) is 107 cm³/mol. The number of benzene rings is 1. The Morgan fingerprint density at radius 2 is 1.77 bits per heavy atom. The molecule has 0 amide bonds. The minimum atomic E-state index is -0.832. The Hall–Kier alpha value is -2.29. The summed E-state index contributed by atoms with van der Waals surface area (Å²) < 4.78 is 45.2. The van der Waals surface area contributed by atoms with Gasteiger partial charge in [0.1, 0.15) is 12.2 Å². The van der Waals surface area contributed by atoms with Gasteiger partial charge in [-0.05, 0) is 99.8 Å². The van der Waals surface area contributed by atoms with Crippen LogP contribution in [0.25, 0.3) is 0 Å². The number of ether oxygens (including phenoxy) is 1. The third-order valence-corrected chi connectivity index (χ3v) is 6.56. The highest BCUT2D eigenvalue weighted by Gasteiger charge is 2.31. The Labute approximate surface area is 175 Å². The molecule has 0 spiro atoms. The SMILES string of the molecule is N#CC(F)=CCCC1CCC(C(=O)OC2CCC(c3ccc(F)c(F)c3)CC2)CC1. The lowest BCUT2D eigenvalue weighted by Gasteiger charge is -2.31. The normalized spacial score (nSPS) is 27.3. The van der Waals surface area contributed by atoms with Crippen LogP contribution in [-0.2, 0) is 9.53 Å². The summed E-state index contributed by atoms with van der Waals surface area (Å²) in [4.78, 5) is 12.5. The van der Waals surface area contributed by atoms with E-state index in [-0.39, 0.29) is 23.9 Å². The molecule has 1 aromatic rings. The van der Waals surface area contributed by atoms with Crippen molar-refractivity contribution in [3.63, 3.8) is 0 Å². The van der Waals surface area contributed by atoms with Crippen LogP contribution in [0.2, 0.25) is 0 Å². The largest absolute Gasteiger partial charge is 0.462 e. The van der Waals surface area contributed by atoms with E-state index in [2.05, 4.69) is 0 Å². The van der Waals surface area contributed by atoms with Crippen molar-refractivity contribution < 1.29 is 22.7 Å². The Kier molecular flexibility index (Phi) is 7.95. The van der Waals surface area contributed by atoms with Gasteiger partial charge in [-0.25, -0.2) is 8.78 Å². The van der Waals surface area contributed by atoms with Gasteiger partial charge < -0.3 is 4.74 Å². The van der Waals surface area contributed by atoms with E-state index in [0.29, 0.717) is 12.3 Å². The molecule has 0 heterocycles. The van der Waals surface area contributed by atoms with Crippen LogP contribution in [0, 0.1) is 34.8 Å². The maximum Gasteiger partial charge on any atom is 0.309 e. The molecule has 0 atom stereocenters. The molecule has 0 bridgehead atoms. The fraction of sp³-hybridized carbons (Fsp3) is 0.583. The predicted octanol–water partition coefficient (Wildman–Crippen LogP) is 6.50. The quantitative estimate of drug-likeness (QED) is 0.391. The molecule has 3 rings (SSSR count). The van der Waals surface area contributed by atoms with E-state index in [4.69, 9.17) is 10.00 Å². The number of halogens is 3. The minimum Gasteiger partial charge on any atom is -0.462 e. The summed E-state index contributed by atoms with van der Waals surface area (Å²) in [7, 11) is 0. The molecule has 30 heavy (non-hydrogen) atoms. The molecule has 2 fully saturated rings. The zero-order chi connectivity index (χ0) is 21.5. The molecule has 2 aliphatic rings. The van der Waals surface area contributed by atoms with Crippen molar-refractivity contribution in [2.75, 3.05) is 0 Å². The maximum atomic E-state index is 13.5. The smallest absolute Gasteiger partial charge is 0.309 e. The van der Waals surface area contributed by atoms with E-state index in [1.165, 1.54) is 24.3 Å². The average molecular weight is 419 g/mol. The second-order valence-electron chi connectivity index (χ2n) is 8.54. The van der Waals surface area contributed by atoms with Crippen molar-refractivity contribution in [3.05, 3.63) is 47.3 Å². The van der Waals surface area contributed by atoms with Gasteiger partial charge in [0.05, 0.1) is 5.92 Å². The van der Waals surface area contributed by atoms with Gasteiger partial charge >= 0.3 is 5.97 Å². The third kappa shape index (κ3) is 6.10. The first-order valence-corrected chi connectivity index (χ1v) is 10.9. The number of nitrogens with zero attached hydrogens (tertiary/aromatic N) is 1. The average Bonchev–Trinajstić information content (AvgIpc) is 2.76. The molecular formula is C24H28F3NO2. The Bertz CT molecular complexity index is 801. The number of allylic oxidation sites excluding steroid dienone is 2. The summed E-state index contributed by atoms with van der Waals surface area (Å²) in [5.74, 6) is -1.94. The van der Waals surface area contributed by atoms with Gasteiger partial charge in [0.25, 0.3) is 0 Å². The summed E-state index contributed by atoms with van der Waals surface area (Å²) in [6.45, 7) is 0. The highest BCUT2D eigenvalue weighted by atomic mass is 19.2. The summed E-state index contributed by atoms with van der Waals surface area (Å²) in [6.07, 6.45) is 9.11. The second-order valence-corrected chi connectivity index (χ2v) is 8.54. The van der Waals surface area contributed by atoms with Crippen molar-refractivity contribution in [2.45, 2.75) is 76.2 Å². The molecule has 2 saturated carbocycles. The molecule has 162 valence electrons. The van der Waals surface area contributed by atoms with Crippen LogP contribution in [0.15, 0.2) is 30.1 Å². The number of hydrogen-bond donors (Lipinski definition) is 0. The molecule has 0 N–H and O–H groups in total. The van der Waals surface area contributed by atoms with Crippen molar-refractivity contribution in [2.24, 2.45) is 11.8 Å². The third-order valence-electron chi connectivity index (χ3n) is 6.56. The standard InChI is InChI=1S/C24H28F3NO2/c25-20(15-28)3-1-2-16-4-6-18(7-5-16)24(29)30-21-11-8-17(9-12-21)19-10-13-22(26)23(27)14-19/h3,10,13-14,16-18,21H,1-2,4-9,11-12H2. The number of carbonyl (C=O) groups excluding carboxylic acids is 1. The Morgan fingerprint density at radius 3 is 2.40 bits per heavy atom. The zero-order valence-corrected chi connectivity index (χ0v) is 17.1. The van der Waals surface area contributed by atoms with Crippen LogP contribution in [0.3, 0.4) is 0 Å². The molecule has 0 saturated heterocycles. The van der Waals surface area contributed by atoms with E-state index >= 15 is 0 Å². The van der Waals surface area contributed by atoms with Crippen molar-refractivity contribution >= 4 is 5.97 Å². The molecule has 2 aliphatic carbocycles. The number of hydrogen-bond acceptors (Lipinski definition) is 3. The summed E-state index contributed by atoms with van der Waals surface area (Å²) in [5, 5.41) is 8.42. The van der Waals surface area contributed by atoms with E-state index in [1.54, 1.807) is 6.07 Å². The van der Waals surface area contributed by atoms with Crippen molar-refractivity contribution in [1.29, 1.82) is 5.26 Å². The number of rotatable bonds is 6. The lowest BCUT2D eigenvalue weighted by Crippen LogP contribution is -2.29. The van der Waals surface area contributed by atoms with Gasteiger partial charge in [-0.3, -0.25) is 4.79 Å². The summed E-state index contributed by atoms with van der Waals surface area (Å²) in [5.41, 5.74) is 0.807. The summed E-state index contributed by atoms with van der Waals surface area (Å²) in [6, 6.07) is 5.56. The van der Waals surface area contributed by atoms with Gasteiger partial charge in [-0.15, -0.1) is 0 Å². The van der Waals surface area contributed by atoms with Gasteiger partial charge in [0.15, 0.2) is 17.5 Å². The molecule has 0 aliphatic heterocycles. The number of esters is 1.